The number of ether oxygens (including phenoxy) is 1. The van der Waals surface area contributed by atoms with E-state index in [0.29, 0.717) is 23.9 Å². The minimum atomic E-state index is -0.234. The molecule has 0 amide bonds. The van der Waals surface area contributed by atoms with Crippen LogP contribution in [0.2, 0.25) is 0 Å². The Morgan fingerprint density at radius 3 is 2.88 bits per heavy atom. The van der Waals surface area contributed by atoms with Crippen molar-refractivity contribution in [2.24, 2.45) is 13.0 Å². The van der Waals surface area contributed by atoms with Crippen molar-refractivity contribution in [1.82, 2.24) is 29.8 Å². The van der Waals surface area contributed by atoms with Crippen molar-refractivity contribution in [3.8, 4) is 28.3 Å². The van der Waals surface area contributed by atoms with Crippen molar-refractivity contribution >= 4 is 5.82 Å². The molecular weight excluding hydrogens is 414 g/mol. The van der Waals surface area contributed by atoms with Gasteiger partial charge in [-0.15, -0.1) is 5.10 Å². The molecule has 1 atom stereocenters. The van der Waals surface area contributed by atoms with E-state index in [2.05, 4.69) is 46.6 Å². The van der Waals surface area contributed by atoms with Crippen LogP contribution in [0.4, 0.5) is 5.82 Å². The monoisotopic (exact) mass is 441 g/mol. The van der Waals surface area contributed by atoms with Crippen LogP contribution in [0, 0.1) is 12.8 Å². The summed E-state index contributed by atoms with van der Waals surface area (Å²) >= 11 is 0. The smallest absolute Gasteiger partial charge is 0.166 e. The Bertz CT molecular complexity index is 1370. The summed E-state index contributed by atoms with van der Waals surface area (Å²) in [7, 11) is 1.96. The number of pyridine rings is 1. The highest BCUT2D eigenvalue weighted by atomic mass is 16.5. The van der Waals surface area contributed by atoms with Crippen LogP contribution < -0.4 is 10.5 Å². The minimum Gasteiger partial charge on any atom is -0.482 e. The Hall–Kier alpha value is -3.68. The molecule has 2 bridgehead atoms. The van der Waals surface area contributed by atoms with E-state index < -0.39 is 0 Å². The molecule has 0 spiro atoms. The van der Waals surface area contributed by atoms with Crippen LogP contribution in [-0.4, -0.2) is 29.8 Å². The molecule has 33 heavy (non-hydrogen) atoms. The van der Waals surface area contributed by atoms with E-state index in [4.69, 9.17) is 15.6 Å². The summed E-state index contributed by atoms with van der Waals surface area (Å²) in [6, 6.07) is 8.38. The lowest BCUT2D eigenvalue weighted by molar-refractivity contribution is 0.228. The maximum absolute atomic E-state index is 6.41. The number of aromatic nitrogens is 6. The largest absolute Gasteiger partial charge is 0.482 e. The van der Waals surface area contributed by atoms with Crippen LogP contribution in [0.1, 0.15) is 48.3 Å². The summed E-state index contributed by atoms with van der Waals surface area (Å²) in [4.78, 5) is 4.47. The fraction of sp³-hybridized carbons (Fsp3) is 0.360. The van der Waals surface area contributed by atoms with Gasteiger partial charge in [0.1, 0.15) is 6.10 Å². The molecule has 0 radical (unpaired) electrons. The second kappa shape index (κ2) is 7.43. The number of nitrogens with two attached hydrogens (primary N) is 1. The normalized spacial score (nSPS) is 17.2. The molecule has 0 unspecified atom stereocenters. The summed E-state index contributed by atoms with van der Waals surface area (Å²) < 4.78 is 10.3. The number of rotatable bonds is 2. The molecule has 1 saturated carbocycles. The van der Waals surface area contributed by atoms with Crippen molar-refractivity contribution in [1.29, 1.82) is 0 Å². The van der Waals surface area contributed by atoms with E-state index in [-0.39, 0.29) is 6.10 Å². The molecule has 2 aliphatic rings. The zero-order valence-corrected chi connectivity index (χ0v) is 19.1. The van der Waals surface area contributed by atoms with Crippen molar-refractivity contribution < 1.29 is 4.74 Å². The summed E-state index contributed by atoms with van der Waals surface area (Å²) in [6.45, 7) is 4.99. The predicted octanol–water partition coefficient (Wildman–Crippen LogP) is 4.09. The Kier molecular flexibility index (Phi) is 4.50. The number of hydrogen-bond acceptors (Lipinski definition) is 6. The van der Waals surface area contributed by atoms with Gasteiger partial charge in [0.2, 0.25) is 0 Å². The maximum atomic E-state index is 6.41. The molecule has 168 valence electrons. The Morgan fingerprint density at radius 2 is 2.06 bits per heavy atom. The lowest BCUT2D eigenvalue weighted by Gasteiger charge is -2.21. The van der Waals surface area contributed by atoms with Gasteiger partial charge in [-0.25, -0.2) is 9.67 Å². The highest BCUT2D eigenvalue weighted by Crippen LogP contribution is 2.39. The first-order valence-electron chi connectivity index (χ1n) is 11.4. The first kappa shape index (κ1) is 20.0. The first-order valence-corrected chi connectivity index (χ1v) is 11.4. The van der Waals surface area contributed by atoms with Crippen molar-refractivity contribution in [2.75, 3.05) is 5.73 Å². The number of anilines is 1. The van der Waals surface area contributed by atoms with Crippen LogP contribution in [-0.2, 0) is 20.0 Å². The summed E-state index contributed by atoms with van der Waals surface area (Å²) in [6.07, 6.45) is 6.75. The molecule has 4 heterocycles. The molecular formula is C25H27N7O. The molecule has 4 aromatic rings. The third kappa shape index (κ3) is 3.55. The molecule has 1 aliphatic heterocycles. The van der Waals surface area contributed by atoms with Gasteiger partial charge in [0.15, 0.2) is 11.6 Å². The Labute approximate surface area is 192 Å². The summed E-state index contributed by atoms with van der Waals surface area (Å²) in [5, 5.41) is 14.0. The van der Waals surface area contributed by atoms with Gasteiger partial charge in [-0.05, 0) is 38.7 Å². The van der Waals surface area contributed by atoms with Gasteiger partial charge in [-0.2, -0.15) is 5.10 Å². The lowest BCUT2D eigenvalue weighted by Crippen LogP contribution is -2.10. The number of hydrogen-bond donors (Lipinski definition) is 1. The van der Waals surface area contributed by atoms with Gasteiger partial charge in [0, 0.05) is 54.7 Å². The molecule has 1 fully saturated rings. The third-order valence-corrected chi connectivity index (χ3v) is 6.55. The number of benzene rings is 1. The van der Waals surface area contributed by atoms with E-state index in [0.717, 1.165) is 45.9 Å². The minimum absolute atomic E-state index is 0.234. The Balaban J connectivity index is 1.60. The number of nitrogens with zero attached hydrogens (tertiary/aromatic N) is 6. The second-order valence-electron chi connectivity index (χ2n) is 9.32. The van der Waals surface area contributed by atoms with Crippen LogP contribution in [0.3, 0.4) is 0 Å². The molecule has 8 nitrogen and oxygen atoms in total. The zero-order valence-electron chi connectivity index (χ0n) is 19.1. The maximum Gasteiger partial charge on any atom is 0.166 e. The SMILES string of the molecule is Cc1ccc2c(c1)[C@@H](C)Oc1cc(cnc1N)-c1c(nnn1CC1CC1)Cc1cn(C)nc1-2. The van der Waals surface area contributed by atoms with Crippen LogP contribution in [0.25, 0.3) is 22.5 Å². The number of aryl methyl sites for hydroxylation is 2. The van der Waals surface area contributed by atoms with Gasteiger partial charge in [-0.1, -0.05) is 29.0 Å². The van der Waals surface area contributed by atoms with E-state index in [1.807, 2.05) is 29.4 Å². The molecule has 2 N–H and O–H groups in total. The van der Waals surface area contributed by atoms with Crippen LogP contribution in [0.5, 0.6) is 5.75 Å². The van der Waals surface area contributed by atoms with E-state index >= 15 is 0 Å². The standard InChI is InChI=1S/C25H27N7O/c1-14-4-7-19-20(8-14)15(2)33-22-10-17(11-27-25(22)26)24-21(9-18-13-31(3)29-23(18)19)28-30-32(24)12-16-5-6-16/h4,7-8,10-11,13,15-16H,5-6,9,12H2,1-3H3,(H2,26,27)/t15-/m1/s1. The second-order valence-corrected chi connectivity index (χ2v) is 9.32. The zero-order chi connectivity index (χ0) is 22.7. The van der Waals surface area contributed by atoms with Crippen molar-refractivity contribution in [3.63, 3.8) is 0 Å². The fourth-order valence-electron chi connectivity index (χ4n) is 4.70. The molecule has 3 aromatic heterocycles. The van der Waals surface area contributed by atoms with Gasteiger partial charge in [0.05, 0.1) is 17.1 Å². The Morgan fingerprint density at radius 1 is 1.21 bits per heavy atom. The van der Waals surface area contributed by atoms with Gasteiger partial charge >= 0.3 is 0 Å². The van der Waals surface area contributed by atoms with Crippen molar-refractivity contribution in [2.45, 2.75) is 45.8 Å². The highest BCUT2D eigenvalue weighted by Gasteiger charge is 2.28. The van der Waals surface area contributed by atoms with E-state index in [9.17, 15) is 0 Å². The van der Waals surface area contributed by atoms with Crippen LogP contribution >= 0.6 is 0 Å². The molecule has 8 heteroatoms. The fourth-order valence-corrected chi connectivity index (χ4v) is 4.70. The lowest BCUT2D eigenvalue weighted by atomic mass is 9.94. The van der Waals surface area contributed by atoms with Gasteiger partial charge < -0.3 is 10.5 Å². The summed E-state index contributed by atoms with van der Waals surface area (Å²) in [5.74, 6) is 1.61. The van der Waals surface area contributed by atoms with Crippen molar-refractivity contribution in [3.05, 3.63) is 59.0 Å². The quantitative estimate of drug-likeness (QED) is 0.503. The highest BCUT2D eigenvalue weighted by molar-refractivity contribution is 5.71. The summed E-state index contributed by atoms with van der Waals surface area (Å²) in [5.41, 5.74) is 14.4. The molecule has 1 aliphatic carbocycles. The predicted molar refractivity (Wildman–Crippen MR) is 126 cm³/mol. The number of nitrogen functional groups attached to an aromatic ring is 1. The van der Waals surface area contributed by atoms with Gasteiger partial charge in [0.25, 0.3) is 0 Å². The van der Waals surface area contributed by atoms with E-state index in [1.54, 1.807) is 6.20 Å². The molecule has 1 aromatic carbocycles. The van der Waals surface area contributed by atoms with E-state index in [1.165, 1.54) is 18.4 Å². The molecule has 0 saturated heterocycles. The topological polar surface area (TPSA) is 96.7 Å². The van der Waals surface area contributed by atoms with Crippen LogP contribution in [0.15, 0.2) is 36.7 Å². The van der Waals surface area contributed by atoms with Gasteiger partial charge in [-0.3, -0.25) is 4.68 Å². The third-order valence-electron chi connectivity index (χ3n) is 6.55. The molecule has 6 rings (SSSR count). The average Bonchev–Trinajstić information content (AvgIpc) is 3.41. The first-order chi connectivity index (χ1) is 16.0. The average molecular weight is 442 g/mol. The number of fused-ring (bicyclic) bond motifs is 7.